The van der Waals surface area contributed by atoms with Crippen LogP contribution >= 0.6 is 0 Å². The van der Waals surface area contributed by atoms with E-state index in [1.807, 2.05) is 0 Å². The third-order valence-electron chi connectivity index (χ3n) is 3.76. The Labute approximate surface area is 107 Å². The van der Waals surface area contributed by atoms with E-state index in [1.54, 1.807) is 19.2 Å². The highest BCUT2D eigenvalue weighted by molar-refractivity contribution is 5.51. The van der Waals surface area contributed by atoms with E-state index in [9.17, 15) is 4.39 Å². The normalized spacial score (nSPS) is 18.9. The molecule has 1 aliphatic rings. The van der Waals surface area contributed by atoms with E-state index in [-0.39, 0.29) is 5.54 Å². The highest BCUT2D eigenvalue weighted by atomic mass is 19.1. The molecule has 0 aromatic heterocycles. The lowest BCUT2D eigenvalue weighted by Gasteiger charge is -2.39. The molecule has 1 saturated carbocycles. The molecule has 0 radical (unpaired) electrons. The molecule has 18 heavy (non-hydrogen) atoms. The predicted octanol–water partition coefficient (Wildman–Crippen LogP) is 3.07. The summed E-state index contributed by atoms with van der Waals surface area (Å²) in [5, 5.41) is 0. The van der Waals surface area contributed by atoms with Crippen LogP contribution in [0.2, 0.25) is 0 Å². The fourth-order valence-electron chi connectivity index (χ4n) is 2.45. The average molecular weight is 253 g/mol. The largest absolute Gasteiger partial charge is 0.496 e. The molecule has 0 amide bonds. The first-order valence-corrected chi connectivity index (χ1v) is 6.21. The van der Waals surface area contributed by atoms with Gasteiger partial charge in [-0.3, -0.25) is 0 Å². The Morgan fingerprint density at radius 2 is 1.83 bits per heavy atom. The highest BCUT2D eigenvalue weighted by Crippen LogP contribution is 2.46. The van der Waals surface area contributed by atoms with Crippen molar-refractivity contribution in [3.8, 4) is 11.5 Å². The zero-order valence-corrected chi connectivity index (χ0v) is 11.1. The Hall–Kier alpha value is -1.29. The minimum atomic E-state index is -1.09. The van der Waals surface area contributed by atoms with Gasteiger partial charge in [0.2, 0.25) is 0 Å². The molecule has 4 heteroatoms. The van der Waals surface area contributed by atoms with Crippen LogP contribution in [0, 0.1) is 0 Å². The molecule has 0 heterocycles. The number of ether oxygens (including phenoxy) is 2. The Kier molecular flexibility index (Phi) is 3.48. The highest BCUT2D eigenvalue weighted by Gasteiger charge is 2.37. The average Bonchev–Trinajstić information content (AvgIpc) is 2.34. The first-order valence-electron chi connectivity index (χ1n) is 6.21. The SMILES string of the molecule is COc1cc(OC)c(C2(N)CCC2)cc1C(C)F. The molecule has 2 N–H and O–H groups in total. The Balaban J connectivity index is 2.53. The Bertz CT molecular complexity index is 442. The maximum Gasteiger partial charge on any atom is 0.128 e. The molecule has 1 aromatic rings. The van der Waals surface area contributed by atoms with E-state index in [0.717, 1.165) is 24.8 Å². The van der Waals surface area contributed by atoms with Gasteiger partial charge < -0.3 is 15.2 Å². The summed E-state index contributed by atoms with van der Waals surface area (Å²) in [7, 11) is 3.13. The maximum absolute atomic E-state index is 13.6. The monoisotopic (exact) mass is 253 g/mol. The molecular weight excluding hydrogens is 233 g/mol. The van der Waals surface area contributed by atoms with Crippen molar-refractivity contribution in [1.29, 1.82) is 0 Å². The minimum absolute atomic E-state index is 0.374. The summed E-state index contributed by atoms with van der Waals surface area (Å²) < 4.78 is 24.2. The summed E-state index contributed by atoms with van der Waals surface area (Å²) >= 11 is 0. The van der Waals surface area contributed by atoms with Crippen molar-refractivity contribution >= 4 is 0 Å². The summed E-state index contributed by atoms with van der Waals surface area (Å²) in [4.78, 5) is 0. The van der Waals surface area contributed by atoms with Gasteiger partial charge in [0.1, 0.15) is 17.7 Å². The second-order valence-electron chi connectivity index (χ2n) is 4.92. The third-order valence-corrected chi connectivity index (χ3v) is 3.76. The van der Waals surface area contributed by atoms with Crippen molar-refractivity contribution in [2.75, 3.05) is 14.2 Å². The fourth-order valence-corrected chi connectivity index (χ4v) is 2.45. The van der Waals surface area contributed by atoms with Crippen LogP contribution in [0.25, 0.3) is 0 Å². The van der Waals surface area contributed by atoms with Crippen molar-refractivity contribution in [2.24, 2.45) is 5.73 Å². The number of benzene rings is 1. The van der Waals surface area contributed by atoms with E-state index in [2.05, 4.69) is 0 Å². The summed E-state index contributed by atoms with van der Waals surface area (Å²) in [6.45, 7) is 1.50. The summed E-state index contributed by atoms with van der Waals surface area (Å²) in [5.41, 5.74) is 7.36. The lowest BCUT2D eigenvalue weighted by molar-refractivity contribution is 0.242. The van der Waals surface area contributed by atoms with Crippen LogP contribution in [0.5, 0.6) is 11.5 Å². The van der Waals surface area contributed by atoms with Gasteiger partial charge in [0.05, 0.1) is 14.2 Å². The molecule has 1 fully saturated rings. The molecule has 0 bridgehead atoms. The van der Waals surface area contributed by atoms with Gasteiger partial charge in [-0.2, -0.15) is 0 Å². The van der Waals surface area contributed by atoms with Crippen molar-refractivity contribution in [2.45, 2.75) is 37.9 Å². The molecule has 0 aliphatic heterocycles. The first kappa shape index (κ1) is 13.1. The molecule has 1 atom stereocenters. The molecule has 1 unspecified atom stereocenters. The van der Waals surface area contributed by atoms with Gasteiger partial charge >= 0.3 is 0 Å². The van der Waals surface area contributed by atoms with Gasteiger partial charge in [0.15, 0.2) is 0 Å². The molecule has 1 aliphatic carbocycles. The standard InChI is InChI=1S/C14H20FNO2/c1-9(15)10-7-11(14(16)5-4-6-14)13(18-3)8-12(10)17-2/h7-9H,4-6,16H2,1-3H3. The van der Waals surface area contributed by atoms with Crippen LogP contribution in [0.1, 0.15) is 43.5 Å². The van der Waals surface area contributed by atoms with Gasteiger partial charge in [-0.05, 0) is 32.3 Å². The van der Waals surface area contributed by atoms with E-state index in [0.29, 0.717) is 17.1 Å². The predicted molar refractivity (Wildman–Crippen MR) is 68.8 cm³/mol. The van der Waals surface area contributed by atoms with Gasteiger partial charge in [-0.15, -0.1) is 0 Å². The lowest BCUT2D eigenvalue weighted by Crippen LogP contribution is -2.43. The summed E-state index contributed by atoms with van der Waals surface area (Å²) in [6, 6.07) is 3.52. The second kappa shape index (κ2) is 4.76. The zero-order chi connectivity index (χ0) is 13.3. The topological polar surface area (TPSA) is 44.5 Å². The number of hydrogen-bond acceptors (Lipinski definition) is 3. The number of alkyl halides is 1. The van der Waals surface area contributed by atoms with Crippen LogP contribution in [-0.4, -0.2) is 14.2 Å². The molecule has 3 nitrogen and oxygen atoms in total. The van der Waals surface area contributed by atoms with Crippen molar-refractivity contribution in [1.82, 2.24) is 0 Å². The molecule has 0 spiro atoms. The summed E-state index contributed by atoms with van der Waals surface area (Å²) in [5.74, 6) is 1.19. The second-order valence-corrected chi connectivity index (χ2v) is 4.92. The van der Waals surface area contributed by atoms with Crippen LogP contribution in [0.15, 0.2) is 12.1 Å². The lowest BCUT2D eigenvalue weighted by atomic mass is 9.72. The third kappa shape index (κ3) is 2.05. The van der Waals surface area contributed by atoms with Gasteiger partial charge in [0, 0.05) is 22.7 Å². The number of nitrogens with two attached hydrogens (primary N) is 1. The number of methoxy groups -OCH3 is 2. The smallest absolute Gasteiger partial charge is 0.128 e. The molecule has 0 saturated heterocycles. The van der Waals surface area contributed by atoms with Gasteiger partial charge in [0.25, 0.3) is 0 Å². The van der Waals surface area contributed by atoms with Crippen LogP contribution in [0.4, 0.5) is 4.39 Å². The van der Waals surface area contributed by atoms with Crippen molar-refractivity contribution < 1.29 is 13.9 Å². The number of rotatable bonds is 4. The van der Waals surface area contributed by atoms with Crippen molar-refractivity contribution in [3.63, 3.8) is 0 Å². The number of halogens is 1. The Morgan fingerprint density at radius 1 is 1.22 bits per heavy atom. The number of hydrogen-bond donors (Lipinski definition) is 1. The van der Waals surface area contributed by atoms with E-state index < -0.39 is 6.17 Å². The van der Waals surface area contributed by atoms with Gasteiger partial charge in [-0.25, -0.2) is 4.39 Å². The maximum atomic E-state index is 13.6. The summed E-state index contributed by atoms with van der Waals surface area (Å²) in [6.07, 6.45) is 1.84. The zero-order valence-electron chi connectivity index (χ0n) is 11.1. The molecule has 2 rings (SSSR count). The van der Waals surface area contributed by atoms with E-state index in [4.69, 9.17) is 15.2 Å². The van der Waals surface area contributed by atoms with E-state index in [1.165, 1.54) is 14.0 Å². The van der Waals surface area contributed by atoms with E-state index >= 15 is 0 Å². The van der Waals surface area contributed by atoms with Crippen LogP contribution in [-0.2, 0) is 5.54 Å². The molecular formula is C14H20FNO2. The molecule has 100 valence electrons. The Morgan fingerprint density at radius 3 is 2.22 bits per heavy atom. The quantitative estimate of drug-likeness (QED) is 0.896. The van der Waals surface area contributed by atoms with Crippen LogP contribution < -0.4 is 15.2 Å². The first-order chi connectivity index (χ1) is 8.51. The molecule has 1 aromatic carbocycles. The van der Waals surface area contributed by atoms with Gasteiger partial charge in [-0.1, -0.05) is 0 Å². The van der Waals surface area contributed by atoms with Crippen LogP contribution in [0.3, 0.4) is 0 Å². The minimum Gasteiger partial charge on any atom is -0.496 e. The van der Waals surface area contributed by atoms with Crippen molar-refractivity contribution in [3.05, 3.63) is 23.3 Å². The fraction of sp³-hybridized carbons (Fsp3) is 0.571.